The molecule has 0 fully saturated rings. The molecule has 2 N–H and O–H groups in total. The second kappa shape index (κ2) is 8.49. The molecule has 0 radical (unpaired) electrons. The van der Waals surface area contributed by atoms with Crippen molar-refractivity contribution in [1.29, 1.82) is 0 Å². The summed E-state index contributed by atoms with van der Waals surface area (Å²) in [7, 11) is 0. The molecule has 120 valence electrons. The average Bonchev–Trinajstić information content (AvgIpc) is 2.45. The summed E-state index contributed by atoms with van der Waals surface area (Å²) in [6, 6.07) is 9.93. The van der Waals surface area contributed by atoms with Gasteiger partial charge in [-0.3, -0.25) is 0 Å². The van der Waals surface area contributed by atoms with Gasteiger partial charge >= 0.3 is 0 Å². The molecule has 0 aromatic heterocycles. The quantitative estimate of drug-likeness (QED) is 0.687. The first-order valence-electron chi connectivity index (χ1n) is 7.56. The molecule has 0 aliphatic carbocycles. The molecule has 21 heavy (non-hydrogen) atoms. The normalized spacial score (nSPS) is 14.9. The molecular weight excluding hydrogens is 266 g/mol. The van der Waals surface area contributed by atoms with Crippen molar-refractivity contribution in [2.45, 2.75) is 38.8 Å². The molecule has 0 amide bonds. The Balaban J connectivity index is 2.59. The third-order valence-electron chi connectivity index (χ3n) is 3.22. The van der Waals surface area contributed by atoms with Crippen LogP contribution in [0.4, 0.5) is 0 Å². The van der Waals surface area contributed by atoms with E-state index < -0.39 is 5.54 Å². The second-order valence-corrected chi connectivity index (χ2v) is 6.15. The third kappa shape index (κ3) is 6.14. The van der Waals surface area contributed by atoms with Crippen LogP contribution in [0.25, 0.3) is 0 Å². The molecule has 0 aliphatic rings. The number of hydrogen-bond acceptors (Lipinski definition) is 4. The fourth-order valence-corrected chi connectivity index (χ4v) is 2.18. The Morgan fingerprint density at radius 3 is 2.29 bits per heavy atom. The number of rotatable bonds is 9. The molecular formula is C17H29NO3. The fraction of sp³-hybridized carbons (Fsp3) is 0.647. The Morgan fingerprint density at radius 1 is 1.10 bits per heavy atom. The molecule has 4 heteroatoms. The molecule has 1 atom stereocenters. The van der Waals surface area contributed by atoms with Gasteiger partial charge in [-0.1, -0.05) is 37.3 Å². The van der Waals surface area contributed by atoms with Crippen molar-refractivity contribution in [3.8, 4) is 0 Å². The maximum Gasteiger partial charge on any atom is 0.0905 e. The Labute approximate surface area is 128 Å². The van der Waals surface area contributed by atoms with Crippen LogP contribution in [0.15, 0.2) is 30.3 Å². The van der Waals surface area contributed by atoms with E-state index in [-0.39, 0.29) is 12.2 Å². The fourth-order valence-electron chi connectivity index (χ4n) is 2.18. The summed E-state index contributed by atoms with van der Waals surface area (Å²) in [5.74, 6) is 0. The first-order valence-corrected chi connectivity index (χ1v) is 7.56. The summed E-state index contributed by atoms with van der Waals surface area (Å²) in [6.07, 6.45) is 0. The topological polar surface area (TPSA) is 50.7 Å². The van der Waals surface area contributed by atoms with Crippen LogP contribution in [0.5, 0.6) is 0 Å². The van der Waals surface area contributed by atoms with Crippen LogP contribution in [0.2, 0.25) is 0 Å². The molecule has 1 unspecified atom stereocenters. The van der Waals surface area contributed by atoms with Crippen LogP contribution in [0.3, 0.4) is 0 Å². The highest BCUT2D eigenvalue weighted by Gasteiger charge is 2.30. The number of likely N-dealkylation sites (N-methyl/N-ethyl adjacent to an activating group) is 1. The number of benzene rings is 1. The minimum Gasteiger partial charge on any atom is -0.394 e. The molecule has 4 nitrogen and oxygen atoms in total. The van der Waals surface area contributed by atoms with E-state index in [1.807, 2.05) is 58.0 Å². The maximum atomic E-state index is 9.87. The van der Waals surface area contributed by atoms with E-state index in [1.54, 1.807) is 0 Å². The number of aliphatic hydroxyl groups excluding tert-OH is 1. The maximum absolute atomic E-state index is 9.87. The summed E-state index contributed by atoms with van der Waals surface area (Å²) >= 11 is 0. The van der Waals surface area contributed by atoms with E-state index in [9.17, 15) is 5.11 Å². The van der Waals surface area contributed by atoms with Crippen LogP contribution < -0.4 is 5.32 Å². The Morgan fingerprint density at radius 2 is 1.76 bits per heavy atom. The Hall–Kier alpha value is -0.940. The summed E-state index contributed by atoms with van der Waals surface area (Å²) in [4.78, 5) is 0. The predicted octanol–water partition coefficient (Wildman–Crippen LogP) is 2.32. The van der Waals surface area contributed by atoms with Crippen molar-refractivity contribution in [2.75, 3.05) is 33.0 Å². The largest absolute Gasteiger partial charge is 0.394 e. The lowest BCUT2D eigenvalue weighted by Crippen LogP contribution is -2.49. The van der Waals surface area contributed by atoms with Crippen LogP contribution in [0, 0.1) is 0 Å². The third-order valence-corrected chi connectivity index (χ3v) is 3.22. The Bertz CT molecular complexity index is 389. The molecule has 0 aliphatic heterocycles. The number of ether oxygens (including phenoxy) is 2. The van der Waals surface area contributed by atoms with E-state index in [4.69, 9.17) is 9.47 Å². The van der Waals surface area contributed by atoms with E-state index in [0.717, 1.165) is 12.1 Å². The zero-order valence-electron chi connectivity index (χ0n) is 13.7. The second-order valence-electron chi connectivity index (χ2n) is 6.15. The minimum absolute atomic E-state index is 0.00895. The lowest BCUT2D eigenvalue weighted by molar-refractivity contribution is -0.0484. The van der Waals surface area contributed by atoms with Gasteiger partial charge in [-0.15, -0.1) is 0 Å². The van der Waals surface area contributed by atoms with Crippen molar-refractivity contribution in [1.82, 2.24) is 5.32 Å². The van der Waals surface area contributed by atoms with Crippen molar-refractivity contribution in [2.24, 2.45) is 0 Å². The van der Waals surface area contributed by atoms with E-state index in [0.29, 0.717) is 19.8 Å². The number of nitrogens with one attached hydrogen (secondary N) is 1. The van der Waals surface area contributed by atoms with Crippen molar-refractivity contribution >= 4 is 0 Å². The van der Waals surface area contributed by atoms with Gasteiger partial charge in [0, 0.05) is 0 Å². The first kappa shape index (κ1) is 18.1. The average molecular weight is 295 g/mol. The van der Waals surface area contributed by atoms with Gasteiger partial charge in [0.2, 0.25) is 0 Å². The van der Waals surface area contributed by atoms with Gasteiger partial charge in [0.05, 0.1) is 37.6 Å². The Kier molecular flexibility index (Phi) is 7.32. The molecule has 0 saturated heterocycles. The van der Waals surface area contributed by atoms with Gasteiger partial charge in [-0.25, -0.2) is 0 Å². The smallest absolute Gasteiger partial charge is 0.0905 e. The van der Waals surface area contributed by atoms with Crippen LogP contribution in [-0.4, -0.2) is 43.7 Å². The van der Waals surface area contributed by atoms with Crippen molar-refractivity contribution in [3.05, 3.63) is 35.9 Å². The summed E-state index contributed by atoms with van der Waals surface area (Å²) in [6.45, 7) is 10.3. The molecule has 0 heterocycles. The lowest BCUT2D eigenvalue weighted by atomic mass is 9.91. The van der Waals surface area contributed by atoms with Crippen molar-refractivity contribution in [3.63, 3.8) is 0 Å². The molecule has 1 aromatic rings. The molecule has 0 saturated carbocycles. The lowest BCUT2D eigenvalue weighted by Gasteiger charge is -2.33. The predicted molar refractivity (Wildman–Crippen MR) is 85.4 cm³/mol. The number of hydrogen-bond donors (Lipinski definition) is 2. The molecule has 1 rings (SSSR count). The van der Waals surface area contributed by atoms with Gasteiger partial charge < -0.3 is 19.9 Å². The summed E-state index contributed by atoms with van der Waals surface area (Å²) < 4.78 is 11.4. The van der Waals surface area contributed by atoms with Crippen molar-refractivity contribution < 1.29 is 14.6 Å². The van der Waals surface area contributed by atoms with E-state index in [1.165, 1.54) is 0 Å². The summed E-state index contributed by atoms with van der Waals surface area (Å²) in [5.41, 5.74) is 0.321. The van der Waals surface area contributed by atoms with Gasteiger partial charge in [0.15, 0.2) is 0 Å². The monoisotopic (exact) mass is 295 g/mol. The zero-order valence-corrected chi connectivity index (χ0v) is 13.7. The highest BCUT2D eigenvalue weighted by atomic mass is 16.5. The van der Waals surface area contributed by atoms with Gasteiger partial charge in [-0.05, 0) is 32.9 Å². The number of aliphatic hydroxyl groups is 1. The van der Waals surface area contributed by atoms with Crippen LogP contribution >= 0.6 is 0 Å². The zero-order chi connectivity index (χ0) is 15.8. The highest BCUT2D eigenvalue weighted by molar-refractivity contribution is 5.25. The van der Waals surface area contributed by atoms with Crippen LogP contribution in [0.1, 0.15) is 33.3 Å². The van der Waals surface area contributed by atoms with Gasteiger partial charge in [0.1, 0.15) is 0 Å². The van der Waals surface area contributed by atoms with E-state index in [2.05, 4.69) is 5.32 Å². The highest BCUT2D eigenvalue weighted by Crippen LogP contribution is 2.21. The first-order chi connectivity index (χ1) is 9.93. The van der Waals surface area contributed by atoms with E-state index >= 15 is 0 Å². The van der Waals surface area contributed by atoms with Crippen LogP contribution in [-0.2, 0) is 15.0 Å². The summed E-state index contributed by atoms with van der Waals surface area (Å²) in [5, 5.41) is 13.2. The minimum atomic E-state index is -0.558. The SMILES string of the molecule is CCNC(CO)(COCCOC(C)(C)C)c1ccccc1. The molecule has 1 aromatic carbocycles. The van der Waals surface area contributed by atoms with Gasteiger partial charge in [0.25, 0.3) is 0 Å². The molecule has 0 spiro atoms. The van der Waals surface area contributed by atoms with Gasteiger partial charge in [-0.2, -0.15) is 0 Å². The molecule has 0 bridgehead atoms. The standard InChI is InChI=1S/C17H29NO3/c1-5-18-17(13-19,15-9-7-6-8-10-15)14-20-11-12-21-16(2,3)4/h6-10,18-19H,5,11-14H2,1-4H3.